The third-order valence-corrected chi connectivity index (χ3v) is 3.91. The fraction of sp³-hybridized carbons (Fsp3) is 0.400. The fourth-order valence-electron chi connectivity index (χ4n) is 2.42. The standard InChI is InChI=1S/C20H27N3O3/c1-6-15(4)23-19(11-12-21-23)22-20(24)10-8-16-7-9-17(26-14(2)3)18(13-16)25-5/h7-15H,6H2,1-5H3,(H,22,24)/b10-8-. The maximum atomic E-state index is 12.2. The first-order valence-electron chi connectivity index (χ1n) is 8.81. The van der Waals surface area contributed by atoms with Gasteiger partial charge in [-0.2, -0.15) is 5.10 Å². The second kappa shape index (κ2) is 9.08. The first kappa shape index (κ1) is 19.6. The molecule has 0 spiro atoms. The Morgan fingerprint density at radius 2 is 2.04 bits per heavy atom. The van der Waals surface area contributed by atoms with Crippen LogP contribution < -0.4 is 14.8 Å². The molecule has 1 heterocycles. The van der Waals surface area contributed by atoms with E-state index in [1.807, 2.05) is 36.7 Å². The minimum absolute atomic E-state index is 0.0615. The van der Waals surface area contributed by atoms with E-state index in [1.54, 1.807) is 25.4 Å². The number of rotatable bonds is 8. The number of carbonyl (C=O) groups excluding carboxylic acids is 1. The van der Waals surface area contributed by atoms with Crippen LogP contribution in [0, 0.1) is 0 Å². The number of amides is 1. The molecule has 140 valence electrons. The number of nitrogens with zero attached hydrogens (tertiary/aromatic N) is 2. The number of aromatic nitrogens is 2. The molecule has 6 nitrogen and oxygen atoms in total. The molecule has 0 aliphatic rings. The quantitative estimate of drug-likeness (QED) is 0.715. The third kappa shape index (κ3) is 5.12. The average molecular weight is 357 g/mol. The molecule has 26 heavy (non-hydrogen) atoms. The van der Waals surface area contributed by atoms with Crippen molar-refractivity contribution in [2.45, 2.75) is 46.3 Å². The van der Waals surface area contributed by atoms with Crippen LogP contribution in [0.1, 0.15) is 45.7 Å². The predicted molar refractivity (Wildman–Crippen MR) is 104 cm³/mol. The number of hydrogen-bond donors (Lipinski definition) is 1. The van der Waals surface area contributed by atoms with Crippen LogP contribution >= 0.6 is 0 Å². The van der Waals surface area contributed by atoms with E-state index in [0.717, 1.165) is 12.0 Å². The molecule has 1 amide bonds. The van der Waals surface area contributed by atoms with Gasteiger partial charge in [0.15, 0.2) is 11.5 Å². The zero-order valence-electron chi connectivity index (χ0n) is 16.0. The van der Waals surface area contributed by atoms with Gasteiger partial charge in [0.2, 0.25) is 5.91 Å². The molecule has 0 fully saturated rings. The summed E-state index contributed by atoms with van der Waals surface area (Å²) in [5.41, 5.74) is 0.851. The Balaban J connectivity index is 2.07. The van der Waals surface area contributed by atoms with Crippen LogP contribution in [0.3, 0.4) is 0 Å². The lowest BCUT2D eigenvalue weighted by Gasteiger charge is -2.14. The summed E-state index contributed by atoms with van der Waals surface area (Å²) in [5.74, 6) is 1.79. The Morgan fingerprint density at radius 1 is 1.27 bits per heavy atom. The number of benzene rings is 1. The normalized spacial score (nSPS) is 12.4. The lowest BCUT2D eigenvalue weighted by molar-refractivity contribution is -0.111. The van der Waals surface area contributed by atoms with E-state index < -0.39 is 0 Å². The second-order valence-corrected chi connectivity index (χ2v) is 6.32. The topological polar surface area (TPSA) is 65.4 Å². The maximum absolute atomic E-state index is 12.2. The van der Waals surface area contributed by atoms with Crippen molar-refractivity contribution in [3.63, 3.8) is 0 Å². The van der Waals surface area contributed by atoms with Crippen LogP contribution in [0.4, 0.5) is 5.82 Å². The largest absolute Gasteiger partial charge is 0.493 e. The summed E-state index contributed by atoms with van der Waals surface area (Å²) in [6.45, 7) is 8.06. The number of nitrogens with one attached hydrogen (secondary N) is 1. The molecule has 1 N–H and O–H groups in total. The van der Waals surface area contributed by atoms with E-state index in [-0.39, 0.29) is 18.1 Å². The van der Waals surface area contributed by atoms with Crippen LogP contribution in [-0.4, -0.2) is 28.9 Å². The predicted octanol–water partition coefficient (Wildman–Crippen LogP) is 4.30. The average Bonchev–Trinajstić information content (AvgIpc) is 3.07. The van der Waals surface area contributed by atoms with Crippen LogP contribution in [0.15, 0.2) is 36.5 Å². The third-order valence-electron chi connectivity index (χ3n) is 3.91. The summed E-state index contributed by atoms with van der Waals surface area (Å²) in [6.07, 6.45) is 5.91. The van der Waals surface area contributed by atoms with E-state index in [9.17, 15) is 4.79 Å². The fourth-order valence-corrected chi connectivity index (χ4v) is 2.42. The monoisotopic (exact) mass is 357 g/mol. The van der Waals surface area contributed by atoms with E-state index in [0.29, 0.717) is 17.3 Å². The summed E-state index contributed by atoms with van der Waals surface area (Å²) < 4.78 is 12.9. The SMILES string of the molecule is CCC(C)n1nccc1NC(=O)/C=C\c1ccc(OC(C)C)c(OC)c1. The molecule has 2 aromatic rings. The van der Waals surface area contributed by atoms with E-state index in [1.165, 1.54) is 6.08 Å². The summed E-state index contributed by atoms with van der Waals surface area (Å²) >= 11 is 0. The summed E-state index contributed by atoms with van der Waals surface area (Å²) in [7, 11) is 1.60. The van der Waals surface area contributed by atoms with Crippen molar-refractivity contribution in [2.75, 3.05) is 12.4 Å². The van der Waals surface area contributed by atoms with Gasteiger partial charge in [-0.1, -0.05) is 13.0 Å². The van der Waals surface area contributed by atoms with Gasteiger partial charge in [-0.25, -0.2) is 4.68 Å². The number of hydrogen-bond acceptors (Lipinski definition) is 4. The number of methoxy groups -OCH3 is 1. The molecule has 2 rings (SSSR count). The van der Waals surface area contributed by atoms with E-state index >= 15 is 0 Å². The molecule has 1 unspecified atom stereocenters. The zero-order valence-corrected chi connectivity index (χ0v) is 16.0. The molecule has 1 aromatic heterocycles. The Labute approximate surface area is 154 Å². The van der Waals surface area contributed by atoms with Crippen molar-refractivity contribution in [1.82, 2.24) is 9.78 Å². The van der Waals surface area contributed by atoms with Crippen molar-refractivity contribution in [2.24, 2.45) is 0 Å². The Morgan fingerprint density at radius 3 is 2.69 bits per heavy atom. The molecular formula is C20H27N3O3. The number of anilines is 1. The Hall–Kier alpha value is -2.76. The molecule has 0 aliphatic carbocycles. The molecule has 1 aromatic carbocycles. The smallest absolute Gasteiger partial charge is 0.249 e. The molecule has 1 atom stereocenters. The summed E-state index contributed by atoms with van der Waals surface area (Å²) in [4.78, 5) is 12.2. The highest BCUT2D eigenvalue weighted by Crippen LogP contribution is 2.29. The summed E-state index contributed by atoms with van der Waals surface area (Å²) in [5, 5.41) is 7.12. The lowest BCUT2D eigenvalue weighted by Crippen LogP contribution is -2.15. The van der Waals surface area contributed by atoms with Crippen LogP contribution in [0.5, 0.6) is 11.5 Å². The zero-order chi connectivity index (χ0) is 19.1. The van der Waals surface area contributed by atoms with Gasteiger partial charge in [-0.15, -0.1) is 0 Å². The molecule has 0 saturated carbocycles. The van der Waals surface area contributed by atoms with Gasteiger partial charge in [0.05, 0.1) is 25.5 Å². The Bertz CT molecular complexity index is 765. The van der Waals surface area contributed by atoms with Gasteiger partial charge in [0.1, 0.15) is 5.82 Å². The molecule has 6 heteroatoms. The van der Waals surface area contributed by atoms with Crippen LogP contribution in [0.25, 0.3) is 6.08 Å². The van der Waals surface area contributed by atoms with Crippen LogP contribution in [0.2, 0.25) is 0 Å². The van der Waals surface area contributed by atoms with E-state index in [4.69, 9.17) is 9.47 Å². The van der Waals surface area contributed by atoms with E-state index in [2.05, 4.69) is 24.3 Å². The first-order valence-corrected chi connectivity index (χ1v) is 8.81. The number of carbonyl (C=O) groups is 1. The van der Waals surface area contributed by atoms with Crippen molar-refractivity contribution in [1.29, 1.82) is 0 Å². The molecular weight excluding hydrogens is 330 g/mol. The number of ether oxygens (including phenoxy) is 2. The molecule has 0 aliphatic heterocycles. The van der Waals surface area contributed by atoms with Gasteiger partial charge < -0.3 is 14.8 Å². The minimum atomic E-state index is -0.212. The maximum Gasteiger partial charge on any atom is 0.249 e. The minimum Gasteiger partial charge on any atom is -0.493 e. The van der Waals surface area contributed by atoms with Gasteiger partial charge in [0.25, 0.3) is 0 Å². The summed E-state index contributed by atoms with van der Waals surface area (Å²) in [6, 6.07) is 7.58. The van der Waals surface area contributed by atoms with Gasteiger partial charge in [-0.05, 0) is 51.0 Å². The lowest BCUT2D eigenvalue weighted by atomic mass is 10.2. The van der Waals surface area contributed by atoms with Gasteiger partial charge in [-0.3, -0.25) is 4.79 Å². The highest BCUT2D eigenvalue weighted by Gasteiger charge is 2.10. The van der Waals surface area contributed by atoms with Crippen molar-refractivity contribution < 1.29 is 14.3 Å². The first-order chi connectivity index (χ1) is 12.4. The van der Waals surface area contributed by atoms with Crippen LogP contribution in [-0.2, 0) is 4.79 Å². The van der Waals surface area contributed by atoms with Crippen molar-refractivity contribution in [3.8, 4) is 11.5 Å². The Kier molecular flexibility index (Phi) is 6.83. The molecule has 0 radical (unpaired) electrons. The van der Waals surface area contributed by atoms with Crippen molar-refractivity contribution in [3.05, 3.63) is 42.1 Å². The molecule has 0 bridgehead atoms. The second-order valence-electron chi connectivity index (χ2n) is 6.32. The van der Waals surface area contributed by atoms with Crippen molar-refractivity contribution >= 4 is 17.8 Å². The van der Waals surface area contributed by atoms with Gasteiger partial charge in [0, 0.05) is 12.1 Å². The highest BCUT2D eigenvalue weighted by atomic mass is 16.5. The molecule has 0 saturated heterocycles. The highest BCUT2D eigenvalue weighted by molar-refractivity contribution is 6.01. The van der Waals surface area contributed by atoms with Gasteiger partial charge >= 0.3 is 0 Å².